The van der Waals surface area contributed by atoms with E-state index in [4.69, 9.17) is 4.74 Å². The summed E-state index contributed by atoms with van der Waals surface area (Å²) in [6, 6.07) is 0. The lowest BCUT2D eigenvalue weighted by Gasteiger charge is -2.41. The highest BCUT2D eigenvalue weighted by Crippen LogP contribution is 2.25. The maximum Gasteiger partial charge on any atom is 0.0594 e. The predicted molar refractivity (Wildman–Crippen MR) is 75.9 cm³/mol. The van der Waals surface area contributed by atoms with Crippen molar-refractivity contribution in [2.45, 2.75) is 45.6 Å². The first kappa shape index (κ1) is 14.3. The van der Waals surface area contributed by atoms with Gasteiger partial charge < -0.3 is 4.74 Å². The standard InChI is InChI=1S/C15H30N2O/c1-15(2,3)17-8-5-14(6-9-17)4-7-16-10-12-18-13-11-16/h14H,4-13H2,1-3H3. The van der Waals surface area contributed by atoms with Crippen LogP contribution in [0.1, 0.15) is 40.0 Å². The molecule has 0 aromatic heterocycles. The molecule has 0 aromatic rings. The van der Waals surface area contributed by atoms with Gasteiger partial charge in [-0.3, -0.25) is 9.80 Å². The van der Waals surface area contributed by atoms with Crippen LogP contribution >= 0.6 is 0 Å². The van der Waals surface area contributed by atoms with Crippen molar-refractivity contribution in [2.75, 3.05) is 45.9 Å². The van der Waals surface area contributed by atoms with Gasteiger partial charge in [-0.15, -0.1) is 0 Å². The van der Waals surface area contributed by atoms with Gasteiger partial charge in [0.25, 0.3) is 0 Å². The molecule has 3 heteroatoms. The second-order valence-electron chi connectivity index (χ2n) is 6.84. The Balaban J connectivity index is 1.64. The average molecular weight is 254 g/mol. The van der Waals surface area contributed by atoms with Gasteiger partial charge in [0.2, 0.25) is 0 Å². The maximum atomic E-state index is 5.39. The molecule has 0 amide bonds. The zero-order valence-corrected chi connectivity index (χ0v) is 12.5. The van der Waals surface area contributed by atoms with E-state index in [1.807, 2.05) is 0 Å². The summed E-state index contributed by atoms with van der Waals surface area (Å²) in [6.45, 7) is 15.0. The first-order chi connectivity index (χ1) is 8.55. The van der Waals surface area contributed by atoms with E-state index < -0.39 is 0 Å². The molecular weight excluding hydrogens is 224 g/mol. The van der Waals surface area contributed by atoms with Crippen molar-refractivity contribution < 1.29 is 4.74 Å². The molecule has 0 N–H and O–H groups in total. The Morgan fingerprint density at radius 2 is 1.61 bits per heavy atom. The molecule has 0 spiro atoms. The quantitative estimate of drug-likeness (QED) is 0.768. The van der Waals surface area contributed by atoms with E-state index in [9.17, 15) is 0 Å². The Bertz CT molecular complexity index is 235. The van der Waals surface area contributed by atoms with Crippen LogP contribution in [0.25, 0.3) is 0 Å². The van der Waals surface area contributed by atoms with Gasteiger partial charge in [-0.1, -0.05) is 0 Å². The molecule has 106 valence electrons. The van der Waals surface area contributed by atoms with E-state index in [-0.39, 0.29) is 0 Å². The third-order valence-electron chi connectivity index (χ3n) is 4.52. The van der Waals surface area contributed by atoms with Gasteiger partial charge in [0.1, 0.15) is 0 Å². The number of nitrogens with zero attached hydrogens (tertiary/aromatic N) is 2. The summed E-state index contributed by atoms with van der Waals surface area (Å²) >= 11 is 0. The molecule has 0 saturated carbocycles. The number of likely N-dealkylation sites (tertiary alicyclic amines) is 1. The topological polar surface area (TPSA) is 15.7 Å². The van der Waals surface area contributed by atoms with Crippen LogP contribution in [0.15, 0.2) is 0 Å². The van der Waals surface area contributed by atoms with Crippen LogP contribution in [0, 0.1) is 5.92 Å². The minimum Gasteiger partial charge on any atom is -0.379 e. The first-order valence-electron chi connectivity index (χ1n) is 7.61. The second kappa shape index (κ2) is 6.36. The molecule has 18 heavy (non-hydrogen) atoms. The SMILES string of the molecule is CC(C)(C)N1CCC(CCN2CCOCC2)CC1. The Morgan fingerprint density at radius 1 is 1.00 bits per heavy atom. The van der Waals surface area contributed by atoms with Crippen molar-refractivity contribution in [2.24, 2.45) is 5.92 Å². The lowest BCUT2D eigenvalue weighted by atomic mass is 9.90. The third-order valence-corrected chi connectivity index (χ3v) is 4.52. The van der Waals surface area contributed by atoms with Crippen LogP contribution in [0.4, 0.5) is 0 Å². The lowest BCUT2D eigenvalue weighted by Crippen LogP contribution is -2.46. The van der Waals surface area contributed by atoms with Crippen molar-refractivity contribution >= 4 is 0 Å². The van der Waals surface area contributed by atoms with Crippen LogP contribution in [-0.4, -0.2) is 61.3 Å². The number of rotatable bonds is 3. The molecule has 2 saturated heterocycles. The number of ether oxygens (including phenoxy) is 1. The van der Waals surface area contributed by atoms with Crippen molar-refractivity contribution in [3.05, 3.63) is 0 Å². The van der Waals surface area contributed by atoms with E-state index in [0.717, 1.165) is 32.2 Å². The van der Waals surface area contributed by atoms with Gasteiger partial charge in [0.15, 0.2) is 0 Å². The van der Waals surface area contributed by atoms with Crippen molar-refractivity contribution in [3.63, 3.8) is 0 Å². The van der Waals surface area contributed by atoms with Crippen LogP contribution in [0.5, 0.6) is 0 Å². The Kier molecular flexibility index (Phi) is 5.05. The van der Waals surface area contributed by atoms with E-state index >= 15 is 0 Å². The van der Waals surface area contributed by atoms with Crippen LogP contribution in [0.3, 0.4) is 0 Å². The molecule has 0 aromatic carbocycles. The maximum absolute atomic E-state index is 5.39. The summed E-state index contributed by atoms with van der Waals surface area (Å²) in [5, 5.41) is 0. The molecule has 0 aliphatic carbocycles. The molecule has 2 rings (SSSR count). The fourth-order valence-corrected chi connectivity index (χ4v) is 3.08. The van der Waals surface area contributed by atoms with E-state index in [0.29, 0.717) is 5.54 Å². The molecule has 0 atom stereocenters. The van der Waals surface area contributed by atoms with Gasteiger partial charge in [0.05, 0.1) is 13.2 Å². The Labute approximate surface area is 112 Å². The van der Waals surface area contributed by atoms with E-state index in [2.05, 4.69) is 30.6 Å². The minimum atomic E-state index is 0.356. The molecule has 2 heterocycles. The molecular formula is C15H30N2O. The normalized spacial score (nSPS) is 25.5. The highest BCUT2D eigenvalue weighted by atomic mass is 16.5. The van der Waals surface area contributed by atoms with Crippen LogP contribution in [0.2, 0.25) is 0 Å². The van der Waals surface area contributed by atoms with Crippen molar-refractivity contribution in [1.29, 1.82) is 0 Å². The summed E-state index contributed by atoms with van der Waals surface area (Å²) in [4.78, 5) is 5.21. The van der Waals surface area contributed by atoms with Gasteiger partial charge in [-0.05, 0) is 65.6 Å². The highest BCUT2D eigenvalue weighted by molar-refractivity contribution is 4.82. The molecule has 2 aliphatic rings. The molecule has 3 nitrogen and oxygen atoms in total. The van der Waals surface area contributed by atoms with Crippen molar-refractivity contribution in [1.82, 2.24) is 9.80 Å². The Morgan fingerprint density at radius 3 is 2.17 bits per heavy atom. The lowest BCUT2D eigenvalue weighted by molar-refractivity contribution is 0.0310. The van der Waals surface area contributed by atoms with Crippen LogP contribution < -0.4 is 0 Å². The zero-order chi connectivity index (χ0) is 13.0. The fraction of sp³-hybridized carbons (Fsp3) is 1.00. The molecule has 0 unspecified atom stereocenters. The van der Waals surface area contributed by atoms with Gasteiger partial charge >= 0.3 is 0 Å². The first-order valence-corrected chi connectivity index (χ1v) is 7.61. The molecule has 2 aliphatic heterocycles. The summed E-state index contributed by atoms with van der Waals surface area (Å²) in [7, 11) is 0. The summed E-state index contributed by atoms with van der Waals surface area (Å²) < 4.78 is 5.39. The number of piperidine rings is 1. The summed E-state index contributed by atoms with van der Waals surface area (Å²) in [6.07, 6.45) is 4.17. The number of hydrogen-bond acceptors (Lipinski definition) is 3. The third kappa shape index (κ3) is 4.22. The monoisotopic (exact) mass is 254 g/mol. The Hall–Kier alpha value is -0.120. The average Bonchev–Trinajstić information content (AvgIpc) is 2.37. The minimum absolute atomic E-state index is 0.356. The number of morpholine rings is 1. The molecule has 0 radical (unpaired) electrons. The molecule has 0 bridgehead atoms. The fourth-order valence-electron chi connectivity index (χ4n) is 3.08. The highest BCUT2D eigenvalue weighted by Gasteiger charge is 2.27. The summed E-state index contributed by atoms with van der Waals surface area (Å²) in [5.41, 5.74) is 0.356. The predicted octanol–water partition coefficient (Wildman–Crippen LogP) is 2.22. The van der Waals surface area contributed by atoms with Gasteiger partial charge in [-0.2, -0.15) is 0 Å². The number of hydrogen-bond donors (Lipinski definition) is 0. The van der Waals surface area contributed by atoms with Gasteiger partial charge in [0, 0.05) is 18.6 Å². The second-order valence-corrected chi connectivity index (χ2v) is 6.84. The largest absolute Gasteiger partial charge is 0.379 e. The summed E-state index contributed by atoms with van der Waals surface area (Å²) in [5.74, 6) is 0.950. The zero-order valence-electron chi connectivity index (χ0n) is 12.5. The van der Waals surface area contributed by atoms with E-state index in [1.54, 1.807) is 0 Å². The van der Waals surface area contributed by atoms with Gasteiger partial charge in [-0.25, -0.2) is 0 Å². The smallest absolute Gasteiger partial charge is 0.0594 e. The van der Waals surface area contributed by atoms with Crippen molar-refractivity contribution in [3.8, 4) is 0 Å². The van der Waals surface area contributed by atoms with E-state index in [1.165, 1.54) is 38.9 Å². The van der Waals surface area contributed by atoms with Crippen LogP contribution in [-0.2, 0) is 4.74 Å². The molecule has 2 fully saturated rings.